The van der Waals surface area contributed by atoms with E-state index in [0.717, 1.165) is 42.4 Å². The summed E-state index contributed by atoms with van der Waals surface area (Å²) in [6.45, 7) is 16.6. The van der Waals surface area contributed by atoms with Crippen LogP contribution in [-0.4, -0.2) is 20.4 Å². The molecule has 0 saturated heterocycles. The Morgan fingerprint density at radius 3 is 1.05 bits per heavy atom. The number of benzene rings is 1. The van der Waals surface area contributed by atoms with Crippen molar-refractivity contribution in [1.29, 1.82) is 0 Å². The monoisotopic (exact) mass is 1290 g/mol. The molecule has 5 unspecified atom stereocenters. The fraction of sp³-hybridized carbons (Fsp3) is 0.833. The first-order chi connectivity index (χ1) is 18.9. The van der Waals surface area contributed by atoms with Crippen molar-refractivity contribution in [2.45, 2.75) is 158 Å². The molecule has 4 nitrogen and oxygen atoms in total. The summed E-state index contributed by atoms with van der Waals surface area (Å²) in [5.74, 6) is 2.73. The molecule has 7 heteroatoms. The molecule has 0 aromatic heterocycles. The van der Waals surface area contributed by atoms with Crippen molar-refractivity contribution >= 4 is 0 Å². The van der Waals surface area contributed by atoms with Gasteiger partial charge in [0.25, 0.3) is 0 Å². The fourth-order valence-corrected chi connectivity index (χ4v) is 6.14. The number of phenolic OH excluding ortho intramolecular Hbond substituents is 4. The number of hydrogen-bond acceptors (Lipinski definition) is 4. The predicted octanol–water partition coefficient (Wildman–Crippen LogP) is 11.1. The molecule has 0 aliphatic rings. The average molecular weight is 1300 g/mol. The molecule has 0 heterocycles. The molecule has 1 aromatic rings. The van der Waals surface area contributed by atoms with Gasteiger partial charge in [0.15, 0.2) is 11.5 Å². The summed E-state index contributed by atoms with van der Waals surface area (Å²) in [7, 11) is 0. The van der Waals surface area contributed by atoms with Gasteiger partial charge < -0.3 is 20.4 Å². The molecule has 0 bridgehead atoms. The minimum atomic E-state index is -0.661. The topological polar surface area (TPSA) is 80.9 Å². The first kappa shape index (κ1) is 42.9. The van der Waals surface area contributed by atoms with Crippen LogP contribution in [-0.2, 0) is 6.42 Å². The predicted molar refractivity (Wildman–Crippen MR) is 171 cm³/mol. The van der Waals surface area contributed by atoms with E-state index in [1.165, 1.54) is 96.0 Å². The minimum Gasteiger partial charge on any atom is -0.504 e. The van der Waals surface area contributed by atoms with E-state index >= 15 is 0 Å². The minimum absolute atomic E-state index is 0. The van der Waals surface area contributed by atoms with Crippen molar-refractivity contribution in [3.05, 3.63) is 11.6 Å². The van der Waals surface area contributed by atoms with E-state index in [4.69, 9.17) is 0 Å². The molecule has 43 heavy (non-hydrogen) atoms. The van der Waals surface area contributed by atoms with Crippen LogP contribution in [0.2, 0.25) is 0 Å². The van der Waals surface area contributed by atoms with E-state index in [1.807, 2.05) is 0 Å². The van der Waals surface area contributed by atoms with Gasteiger partial charge in [-0.2, -0.15) is 0 Å². The van der Waals surface area contributed by atoms with E-state index in [0.29, 0.717) is 17.9 Å². The normalized spacial score (nSPS) is 14.6. The Labute approximate surface area is 248 Å². The standard InChI is InChI=1S/C36H66O4.3Cm/c1-26(2)13-8-14-27(3)15-9-16-28(4)17-10-18-29(5)19-11-20-30(6)21-12-22-31(7)23-24-32-25-33(37)35(39)36(40)34(32)38;;;/h25-31,37-40H,8-24H2,1-7H3;;;. The van der Waals surface area contributed by atoms with Crippen LogP contribution < -0.4 is 0 Å². The summed E-state index contributed by atoms with van der Waals surface area (Å²) < 4.78 is 0. The Hall–Kier alpha value is -4.58. The second kappa shape index (κ2) is 23.0. The van der Waals surface area contributed by atoms with Gasteiger partial charge in [0, 0.05) is 5.56 Å². The first-order valence-corrected chi connectivity index (χ1v) is 16.9. The molecule has 258 valence electrons. The molecule has 0 spiro atoms. The number of aromatic hydroxyl groups is 4. The molecule has 5 atom stereocenters. The third-order valence-corrected chi connectivity index (χ3v) is 9.27. The maximum absolute atomic E-state index is 10.0. The molecule has 0 aliphatic carbocycles. The zero-order valence-corrected chi connectivity index (χ0v) is 37.2. The molecule has 0 radical (unpaired) electrons. The SMILES string of the molecule is CC(C)CCCC(C)CCCC(C)CCCC(C)CCCC(C)CCCC(C)CCc1cc(O)c(O)c(O)c1O.[Cm].[Cm].[Cm]. The van der Waals surface area contributed by atoms with Crippen LogP contribution in [0, 0.1) is 35.5 Å². The van der Waals surface area contributed by atoms with Gasteiger partial charge in [-0.1, -0.05) is 145 Å². The van der Waals surface area contributed by atoms with Crippen molar-refractivity contribution < 1.29 is 20.4 Å². The van der Waals surface area contributed by atoms with Gasteiger partial charge in [0.05, 0.1) is 0 Å². The summed E-state index contributed by atoms with van der Waals surface area (Å²) in [5, 5.41) is 38.9. The zero-order valence-electron chi connectivity index (χ0n) is 28.4. The molecule has 0 amide bonds. The maximum atomic E-state index is 10.0. The van der Waals surface area contributed by atoms with Gasteiger partial charge in [-0.15, -0.1) is 0 Å². The molecule has 0 fully saturated rings. The molecule has 4 N–H and O–H groups in total. The molecule has 0 aliphatic heterocycles. The van der Waals surface area contributed by atoms with Crippen molar-refractivity contribution in [1.82, 2.24) is 0 Å². The third kappa shape index (κ3) is 18.5. The number of phenols is 4. The van der Waals surface area contributed by atoms with Crippen LogP contribution in [0.15, 0.2) is 6.07 Å². The Bertz CT molecular complexity index is 805. The largest absolute Gasteiger partial charge is 0.504 e. The van der Waals surface area contributed by atoms with Crippen molar-refractivity contribution in [2.75, 3.05) is 0 Å². The van der Waals surface area contributed by atoms with E-state index in [-0.39, 0.29) is 11.5 Å². The molecule has 1 aromatic carbocycles. The van der Waals surface area contributed by atoms with Crippen LogP contribution in [0.4, 0.5) is 0 Å². The first-order valence-electron chi connectivity index (χ1n) is 16.9. The average Bonchev–Trinajstić information content (AvgIpc) is 2.88. The fourth-order valence-electron chi connectivity index (χ4n) is 6.14. The number of hydrogen-bond donors (Lipinski definition) is 4. The Morgan fingerprint density at radius 1 is 0.419 bits per heavy atom. The van der Waals surface area contributed by atoms with E-state index in [9.17, 15) is 20.4 Å². The Kier molecular flexibility index (Phi) is 23.0. The van der Waals surface area contributed by atoms with E-state index < -0.39 is 11.5 Å². The Balaban J connectivity index is -0.00000533. The van der Waals surface area contributed by atoms with Crippen LogP contribution >= 0.6 is 0 Å². The van der Waals surface area contributed by atoms with Crippen LogP contribution in [0.5, 0.6) is 23.0 Å². The molecular formula is C36H66Cm3O4. The van der Waals surface area contributed by atoms with Gasteiger partial charge in [0.1, 0.15) is 0 Å². The summed E-state index contributed by atoms with van der Waals surface area (Å²) in [4.78, 5) is 0. The van der Waals surface area contributed by atoms with Gasteiger partial charge >= 0.3 is 0 Å². The molecule has 1 rings (SSSR count). The van der Waals surface area contributed by atoms with E-state index in [1.54, 1.807) is 0 Å². The van der Waals surface area contributed by atoms with Gasteiger partial charge in [-0.05, 0) is 54.4 Å². The number of aryl methyl sites for hydroxylation is 1. The molecular weight excluding hydrogens is 1240 g/mol. The second-order valence-corrected chi connectivity index (χ2v) is 14.2. The molecule has 0 saturated carbocycles. The third-order valence-electron chi connectivity index (χ3n) is 9.27. The number of rotatable bonds is 23. The van der Waals surface area contributed by atoms with Crippen molar-refractivity contribution in [3.63, 3.8) is 0 Å². The zero-order chi connectivity index (χ0) is 30.1. The van der Waals surface area contributed by atoms with E-state index in [2.05, 4.69) is 48.5 Å². The maximum Gasteiger partial charge on any atom is 0.204 e. The smallest absolute Gasteiger partial charge is 0.204 e. The second-order valence-electron chi connectivity index (χ2n) is 14.2. The summed E-state index contributed by atoms with van der Waals surface area (Å²) in [5.41, 5.74) is 0.481. The summed E-state index contributed by atoms with van der Waals surface area (Å²) in [6.07, 6.45) is 21.7. The van der Waals surface area contributed by atoms with Gasteiger partial charge in [0.2, 0.25) is 11.5 Å². The van der Waals surface area contributed by atoms with Crippen LogP contribution in [0.25, 0.3) is 0 Å². The Morgan fingerprint density at radius 2 is 0.721 bits per heavy atom. The van der Waals surface area contributed by atoms with Crippen LogP contribution in [0.3, 0.4) is 0 Å². The van der Waals surface area contributed by atoms with Crippen molar-refractivity contribution in [2.24, 2.45) is 35.5 Å². The van der Waals surface area contributed by atoms with Crippen LogP contribution in [0.1, 0.15) is 157 Å². The van der Waals surface area contributed by atoms with Crippen molar-refractivity contribution in [3.8, 4) is 23.0 Å². The summed E-state index contributed by atoms with van der Waals surface area (Å²) >= 11 is 0. The van der Waals surface area contributed by atoms with Gasteiger partial charge in [-0.3, -0.25) is 0 Å². The quantitative estimate of drug-likeness (QED) is 0.0650. The summed E-state index contributed by atoms with van der Waals surface area (Å²) in [6, 6.07) is 1.35. The van der Waals surface area contributed by atoms with Gasteiger partial charge in [-0.25, -0.2) is 0 Å².